The van der Waals surface area contributed by atoms with E-state index in [9.17, 15) is 0 Å². The summed E-state index contributed by atoms with van der Waals surface area (Å²) in [6, 6.07) is 10.4. The third-order valence-corrected chi connectivity index (χ3v) is 4.87. The molecule has 124 valence electrons. The molecule has 2 N–H and O–H groups in total. The van der Waals surface area contributed by atoms with Gasteiger partial charge in [-0.25, -0.2) is 14.6 Å². The van der Waals surface area contributed by atoms with Crippen LogP contribution < -0.4 is 10.6 Å². The summed E-state index contributed by atoms with van der Waals surface area (Å²) >= 11 is 0. The summed E-state index contributed by atoms with van der Waals surface area (Å²) in [5.41, 5.74) is 7.86. The zero-order chi connectivity index (χ0) is 16.5. The highest BCUT2D eigenvalue weighted by atomic mass is 15.3. The van der Waals surface area contributed by atoms with Gasteiger partial charge in [-0.3, -0.25) is 0 Å². The fourth-order valence-corrected chi connectivity index (χ4v) is 3.57. The summed E-state index contributed by atoms with van der Waals surface area (Å²) in [4.78, 5) is 11.4. The number of fused-ring (bicyclic) bond motifs is 1. The summed E-state index contributed by atoms with van der Waals surface area (Å²) < 4.78 is 1.87. The van der Waals surface area contributed by atoms with Gasteiger partial charge in [0.05, 0.1) is 17.3 Å². The largest absolute Gasteiger partial charge is 0.352 e. The van der Waals surface area contributed by atoms with Crippen molar-refractivity contribution in [2.75, 3.05) is 18.0 Å². The molecule has 0 radical (unpaired) electrons. The Morgan fingerprint density at radius 2 is 2.04 bits per heavy atom. The molecule has 1 aliphatic heterocycles. The number of aromatic nitrogens is 4. The van der Waals surface area contributed by atoms with Crippen molar-refractivity contribution in [1.29, 1.82) is 0 Å². The van der Waals surface area contributed by atoms with Crippen molar-refractivity contribution in [2.45, 2.75) is 25.8 Å². The molecule has 1 saturated heterocycles. The average molecular weight is 322 g/mol. The highest BCUT2D eigenvalue weighted by Crippen LogP contribution is 2.31. The van der Waals surface area contributed by atoms with Crippen molar-refractivity contribution in [3.63, 3.8) is 0 Å². The first-order chi connectivity index (χ1) is 11.8. The number of anilines is 1. The van der Waals surface area contributed by atoms with E-state index in [1.54, 1.807) is 6.33 Å². The number of nitrogens with two attached hydrogens (primary N) is 1. The van der Waals surface area contributed by atoms with Crippen LogP contribution in [-0.2, 0) is 0 Å². The summed E-state index contributed by atoms with van der Waals surface area (Å²) in [7, 11) is 0. The maximum Gasteiger partial charge on any atom is 0.168 e. The number of benzene rings is 1. The summed E-state index contributed by atoms with van der Waals surface area (Å²) in [6.45, 7) is 3.91. The third-order valence-electron chi connectivity index (χ3n) is 4.87. The van der Waals surface area contributed by atoms with Gasteiger partial charge in [0.15, 0.2) is 5.65 Å². The van der Waals surface area contributed by atoms with E-state index in [2.05, 4.69) is 26.9 Å². The zero-order valence-electron chi connectivity index (χ0n) is 13.8. The first-order valence-electron chi connectivity index (χ1n) is 8.49. The van der Waals surface area contributed by atoms with Gasteiger partial charge in [0.25, 0.3) is 0 Å². The van der Waals surface area contributed by atoms with Crippen LogP contribution in [0.3, 0.4) is 0 Å². The monoisotopic (exact) mass is 322 g/mol. The molecular formula is C18H22N6. The van der Waals surface area contributed by atoms with E-state index in [0.717, 1.165) is 41.9 Å². The molecule has 6 nitrogen and oxygen atoms in total. The average Bonchev–Trinajstić information content (AvgIpc) is 3.06. The Balaban J connectivity index is 1.79. The quantitative estimate of drug-likeness (QED) is 0.801. The zero-order valence-corrected chi connectivity index (χ0v) is 13.8. The van der Waals surface area contributed by atoms with E-state index in [1.807, 2.05) is 41.2 Å². The van der Waals surface area contributed by atoms with Gasteiger partial charge in [-0.2, -0.15) is 5.10 Å². The Morgan fingerprint density at radius 3 is 2.83 bits per heavy atom. The van der Waals surface area contributed by atoms with Crippen LogP contribution in [0.4, 0.5) is 5.82 Å². The van der Waals surface area contributed by atoms with E-state index in [-0.39, 0.29) is 0 Å². The lowest BCUT2D eigenvalue weighted by Gasteiger charge is -2.38. The van der Waals surface area contributed by atoms with Gasteiger partial charge in [0.1, 0.15) is 12.1 Å². The molecule has 4 rings (SSSR count). The maximum absolute atomic E-state index is 6.03. The van der Waals surface area contributed by atoms with Gasteiger partial charge in [-0.05, 0) is 30.9 Å². The van der Waals surface area contributed by atoms with Gasteiger partial charge in [-0.1, -0.05) is 25.1 Å². The van der Waals surface area contributed by atoms with Crippen molar-refractivity contribution >= 4 is 16.9 Å². The Bertz CT molecular complexity index is 828. The van der Waals surface area contributed by atoms with Gasteiger partial charge in [-0.15, -0.1) is 0 Å². The van der Waals surface area contributed by atoms with Crippen molar-refractivity contribution in [3.8, 4) is 5.69 Å². The van der Waals surface area contributed by atoms with Crippen LogP contribution in [0.15, 0.2) is 42.9 Å². The van der Waals surface area contributed by atoms with Gasteiger partial charge in [0, 0.05) is 19.1 Å². The number of rotatable bonds is 3. The van der Waals surface area contributed by atoms with E-state index in [0.29, 0.717) is 18.5 Å². The number of hydrogen-bond acceptors (Lipinski definition) is 5. The second kappa shape index (κ2) is 6.20. The van der Waals surface area contributed by atoms with Crippen LogP contribution >= 0.6 is 0 Å². The fourth-order valence-electron chi connectivity index (χ4n) is 3.57. The topological polar surface area (TPSA) is 72.9 Å². The molecule has 6 heteroatoms. The minimum Gasteiger partial charge on any atom is -0.352 e. The molecule has 1 aromatic carbocycles. The summed E-state index contributed by atoms with van der Waals surface area (Å²) in [5.74, 6) is 1.66. The molecule has 0 bridgehead atoms. The molecule has 24 heavy (non-hydrogen) atoms. The molecule has 2 atom stereocenters. The molecule has 2 unspecified atom stereocenters. The Morgan fingerprint density at radius 1 is 1.21 bits per heavy atom. The van der Waals surface area contributed by atoms with Crippen LogP contribution in [0, 0.1) is 5.92 Å². The lowest BCUT2D eigenvalue weighted by atomic mass is 9.92. The number of piperidine rings is 1. The molecule has 3 heterocycles. The van der Waals surface area contributed by atoms with Crippen LogP contribution in [0.5, 0.6) is 0 Å². The predicted molar refractivity (Wildman–Crippen MR) is 95.2 cm³/mol. The smallest absolute Gasteiger partial charge is 0.168 e. The normalized spacial score (nSPS) is 21.3. The molecular weight excluding hydrogens is 300 g/mol. The van der Waals surface area contributed by atoms with Crippen molar-refractivity contribution in [1.82, 2.24) is 19.7 Å². The molecule has 0 saturated carbocycles. The molecule has 1 fully saturated rings. The van der Waals surface area contributed by atoms with Gasteiger partial charge >= 0.3 is 0 Å². The van der Waals surface area contributed by atoms with Crippen LogP contribution in [-0.4, -0.2) is 38.9 Å². The van der Waals surface area contributed by atoms with Crippen molar-refractivity contribution in [2.24, 2.45) is 11.7 Å². The second-order valence-corrected chi connectivity index (χ2v) is 6.54. The highest BCUT2D eigenvalue weighted by Gasteiger charge is 2.28. The minimum atomic E-state index is 0.326. The van der Waals surface area contributed by atoms with E-state index >= 15 is 0 Å². The SMILES string of the molecule is CC1CCN(c2ncnc3c2cnn3-c2ccccc2)C(CN)C1. The molecule has 0 spiro atoms. The predicted octanol–water partition coefficient (Wildman–Crippen LogP) is 2.38. The highest BCUT2D eigenvalue weighted by molar-refractivity contribution is 5.87. The maximum atomic E-state index is 6.03. The lowest BCUT2D eigenvalue weighted by Crippen LogP contribution is -2.46. The van der Waals surface area contributed by atoms with Crippen LogP contribution in [0.25, 0.3) is 16.7 Å². The van der Waals surface area contributed by atoms with Gasteiger partial charge in [0.2, 0.25) is 0 Å². The standard InChI is InChI=1S/C18H22N6/c1-13-7-8-23(15(9-13)10-19)17-16-11-22-24(18(16)21-12-20-17)14-5-3-2-4-6-14/h2-6,11-13,15H,7-10,19H2,1H3. The summed E-state index contributed by atoms with van der Waals surface area (Å²) in [6.07, 6.45) is 5.76. The molecule has 2 aromatic heterocycles. The number of nitrogens with zero attached hydrogens (tertiary/aromatic N) is 5. The lowest BCUT2D eigenvalue weighted by molar-refractivity contribution is 0.365. The van der Waals surface area contributed by atoms with Crippen LogP contribution in [0.2, 0.25) is 0 Å². The molecule has 0 aliphatic carbocycles. The van der Waals surface area contributed by atoms with E-state index in [4.69, 9.17) is 5.73 Å². The Hall–Kier alpha value is -2.47. The number of para-hydroxylation sites is 1. The van der Waals surface area contributed by atoms with Crippen molar-refractivity contribution in [3.05, 3.63) is 42.9 Å². The Kier molecular flexibility index (Phi) is 3.90. The van der Waals surface area contributed by atoms with Crippen LogP contribution in [0.1, 0.15) is 19.8 Å². The molecule has 0 amide bonds. The van der Waals surface area contributed by atoms with E-state index in [1.165, 1.54) is 0 Å². The molecule has 3 aromatic rings. The first-order valence-corrected chi connectivity index (χ1v) is 8.49. The van der Waals surface area contributed by atoms with Crippen molar-refractivity contribution < 1.29 is 0 Å². The number of hydrogen-bond donors (Lipinski definition) is 1. The van der Waals surface area contributed by atoms with Gasteiger partial charge < -0.3 is 10.6 Å². The summed E-state index contributed by atoms with van der Waals surface area (Å²) in [5, 5.41) is 5.52. The first kappa shape index (κ1) is 15.1. The third kappa shape index (κ3) is 2.53. The van der Waals surface area contributed by atoms with E-state index < -0.39 is 0 Å². The minimum absolute atomic E-state index is 0.326. The second-order valence-electron chi connectivity index (χ2n) is 6.54. The Labute approximate surface area is 141 Å². The molecule has 1 aliphatic rings. The fraction of sp³-hybridized carbons (Fsp3) is 0.389.